The Bertz CT molecular complexity index is 1050. The molecule has 1 atom stereocenters. The summed E-state index contributed by atoms with van der Waals surface area (Å²) in [6, 6.07) is 4.94. The van der Waals surface area contributed by atoms with Gasteiger partial charge in [0.2, 0.25) is 5.95 Å². The summed E-state index contributed by atoms with van der Waals surface area (Å²) in [7, 11) is 0. The second-order valence-electron chi connectivity index (χ2n) is 7.64. The molecule has 0 unspecified atom stereocenters. The number of aromatic nitrogens is 4. The van der Waals surface area contributed by atoms with E-state index in [1.54, 1.807) is 35.4 Å². The minimum Gasteiger partial charge on any atom is -0.486 e. The lowest BCUT2D eigenvalue weighted by Gasteiger charge is -2.40. The topological polar surface area (TPSA) is 68.1 Å². The standard InChI is InChI=1S/C20H21FN6O/c1-13-10-26(12-23-13)16-5-4-14(8-15(16)21)24-19-22-9-17-18(25-19)27-7-3-6-20(27,2)11-28-17/h4-5,8-10,12H,3,6-7,11H2,1-2H3,(H,22,24,25)/t20-/m1/s1. The van der Waals surface area contributed by atoms with Crippen molar-refractivity contribution in [2.24, 2.45) is 0 Å². The molecule has 1 fully saturated rings. The van der Waals surface area contributed by atoms with Crippen LogP contribution in [0.15, 0.2) is 36.9 Å². The van der Waals surface area contributed by atoms with Gasteiger partial charge >= 0.3 is 0 Å². The van der Waals surface area contributed by atoms with Gasteiger partial charge in [0.05, 0.1) is 29.4 Å². The maximum atomic E-state index is 14.6. The van der Waals surface area contributed by atoms with E-state index >= 15 is 0 Å². The van der Waals surface area contributed by atoms with Crippen LogP contribution in [0.3, 0.4) is 0 Å². The number of halogens is 1. The van der Waals surface area contributed by atoms with Crippen LogP contribution in [-0.4, -0.2) is 38.2 Å². The number of anilines is 3. The van der Waals surface area contributed by atoms with Crippen molar-refractivity contribution in [2.75, 3.05) is 23.4 Å². The average molecular weight is 380 g/mol. The van der Waals surface area contributed by atoms with E-state index in [1.807, 2.05) is 6.92 Å². The molecule has 2 aliphatic heterocycles. The molecular formula is C20H21FN6O. The molecule has 144 valence electrons. The Morgan fingerprint density at radius 1 is 1.29 bits per heavy atom. The molecule has 3 aromatic rings. The Morgan fingerprint density at radius 2 is 2.18 bits per heavy atom. The first-order valence-electron chi connectivity index (χ1n) is 9.37. The Morgan fingerprint density at radius 3 is 2.96 bits per heavy atom. The predicted octanol–water partition coefficient (Wildman–Crippen LogP) is 3.60. The molecule has 0 amide bonds. The van der Waals surface area contributed by atoms with Crippen LogP contribution in [0.4, 0.5) is 21.8 Å². The second kappa shape index (κ2) is 6.19. The summed E-state index contributed by atoms with van der Waals surface area (Å²) in [4.78, 5) is 15.4. The summed E-state index contributed by atoms with van der Waals surface area (Å²) in [6.45, 7) is 5.67. The summed E-state index contributed by atoms with van der Waals surface area (Å²) < 4.78 is 22.1. The van der Waals surface area contributed by atoms with E-state index in [0.29, 0.717) is 29.7 Å². The number of imidazole rings is 1. The van der Waals surface area contributed by atoms with E-state index in [9.17, 15) is 4.39 Å². The molecule has 0 saturated carbocycles. The molecule has 0 bridgehead atoms. The Balaban J connectivity index is 1.42. The summed E-state index contributed by atoms with van der Waals surface area (Å²) in [6.07, 6.45) is 7.26. The average Bonchev–Trinajstić information content (AvgIpc) is 3.27. The zero-order valence-electron chi connectivity index (χ0n) is 15.8. The van der Waals surface area contributed by atoms with E-state index in [-0.39, 0.29) is 11.4 Å². The van der Waals surface area contributed by atoms with E-state index in [1.165, 1.54) is 6.07 Å². The molecule has 5 rings (SSSR count). The Hall–Kier alpha value is -3.16. The highest BCUT2D eigenvalue weighted by atomic mass is 19.1. The minimum atomic E-state index is -0.351. The molecule has 0 spiro atoms. The fourth-order valence-electron chi connectivity index (χ4n) is 3.96. The fourth-order valence-corrected chi connectivity index (χ4v) is 3.96. The van der Waals surface area contributed by atoms with Crippen LogP contribution in [0, 0.1) is 12.7 Å². The van der Waals surface area contributed by atoms with Crippen LogP contribution in [0.2, 0.25) is 0 Å². The SMILES string of the molecule is Cc1cn(-c2ccc(Nc3ncc4c(n3)N3CCC[C@]3(C)CO4)cc2F)cn1. The number of hydrogen-bond acceptors (Lipinski definition) is 6. The molecule has 0 aliphatic carbocycles. The quantitative estimate of drug-likeness (QED) is 0.749. The van der Waals surface area contributed by atoms with Crippen molar-refractivity contribution >= 4 is 17.5 Å². The molecule has 4 heterocycles. The molecule has 7 nitrogen and oxygen atoms in total. The van der Waals surface area contributed by atoms with Crippen molar-refractivity contribution in [1.29, 1.82) is 0 Å². The van der Waals surface area contributed by atoms with Crippen molar-refractivity contribution in [2.45, 2.75) is 32.2 Å². The second-order valence-corrected chi connectivity index (χ2v) is 7.64. The highest BCUT2D eigenvalue weighted by Gasteiger charge is 2.43. The Labute approximate surface area is 162 Å². The van der Waals surface area contributed by atoms with Crippen molar-refractivity contribution in [3.63, 3.8) is 0 Å². The van der Waals surface area contributed by atoms with Gasteiger partial charge in [-0.2, -0.15) is 4.98 Å². The van der Waals surface area contributed by atoms with E-state index in [2.05, 4.69) is 32.1 Å². The third kappa shape index (κ3) is 2.76. The third-order valence-electron chi connectivity index (χ3n) is 5.47. The number of benzene rings is 1. The zero-order chi connectivity index (χ0) is 19.3. The van der Waals surface area contributed by atoms with E-state index < -0.39 is 0 Å². The highest BCUT2D eigenvalue weighted by Crippen LogP contribution is 2.42. The van der Waals surface area contributed by atoms with Gasteiger partial charge in [0.1, 0.15) is 12.4 Å². The number of ether oxygens (including phenoxy) is 1. The molecule has 2 aromatic heterocycles. The molecule has 1 saturated heterocycles. The first-order valence-corrected chi connectivity index (χ1v) is 9.37. The summed E-state index contributed by atoms with van der Waals surface area (Å²) in [5, 5.41) is 3.10. The maximum absolute atomic E-state index is 14.6. The summed E-state index contributed by atoms with van der Waals surface area (Å²) in [5.74, 6) is 1.57. The molecule has 1 aromatic carbocycles. The summed E-state index contributed by atoms with van der Waals surface area (Å²) >= 11 is 0. The lowest BCUT2D eigenvalue weighted by Crippen LogP contribution is -2.49. The number of rotatable bonds is 3. The molecule has 0 radical (unpaired) electrons. The fraction of sp³-hybridized carbons (Fsp3) is 0.350. The highest BCUT2D eigenvalue weighted by molar-refractivity contribution is 5.62. The third-order valence-corrected chi connectivity index (χ3v) is 5.47. The van der Waals surface area contributed by atoms with Crippen molar-refractivity contribution in [3.05, 3.63) is 48.4 Å². The van der Waals surface area contributed by atoms with Crippen LogP contribution in [0.5, 0.6) is 5.75 Å². The number of nitrogens with zero attached hydrogens (tertiary/aromatic N) is 5. The van der Waals surface area contributed by atoms with Gasteiger partial charge < -0.3 is 19.5 Å². The number of aryl methyl sites for hydroxylation is 1. The van der Waals surface area contributed by atoms with Gasteiger partial charge in [0.15, 0.2) is 11.6 Å². The van der Waals surface area contributed by atoms with Gasteiger partial charge in [-0.05, 0) is 44.9 Å². The van der Waals surface area contributed by atoms with Crippen molar-refractivity contribution < 1.29 is 9.13 Å². The van der Waals surface area contributed by atoms with Gasteiger partial charge in [0.25, 0.3) is 0 Å². The van der Waals surface area contributed by atoms with Crippen LogP contribution >= 0.6 is 0 Å². The predicted molar refractivity (Wildman–Crippen MR) is 104 cm³/mol. The smallest absolute Gasteiger partial charge is 0.229 e. The monoisotopic (exact) mass is 380 g/mol. The van der Waals surface area contributed by atoms with Gasteiger partial charge in [-0.25, -0.2) is 14.4 Å². The number of nitrogens with one attached hydrogen (secondary N) is 1. The van der Waals surface area contributed by atoms with Crippen LogP contribution in [0.1, 0.15) is 25.5 Å². The molecule has 2 aliphatic rings. The minimum absolute atomic E-state index is 0.0185. The normalized spacial score (nSPS) is 20.5. The van der Waals surface area contributed by atoms with Gasteiger partial charge in [-0.3, -0.25) is 0 Å². The summed E-state index contributed by atoms with van der Waals surface area (Å²) in [5.41, 5.74) is 1.84. The zero-order valence-corrected chi connectivity index (χ0v) is 15.8. The lowest BCUT2D eigenvalue weighted by molar-refractivity contribution is 0.210. The molecule has 28 heavy (non-hydrogen) atoms. The number of hydrogen-bond donors (Lipinski definition) is 1. The first kappa shape index (κ1) is 17.0. The van der Waals surface area contributed by atoms with Crippen molar-refractivity contribution in [3.8, 4) is 11.4 Å². The largest absolute Gasteiger partial charge is 0.486 e. The van der Waals surface area contributed by atoms with Gasteiger partial charge in [-0.15, -0.1) is 0 Å². The van der Waals surface area contributed by atoms with Crippen LogP contribution in [0.25, 0.3) is 5.69 Å². The maximum Gasteiger partial charge on any atom is 0.229 e. The van der Waals surface area contributed by atoms with E-state index in [4.69, 9.17) is 4.74 Å². The Kier molecular flexibility index (Phi) is 3.75. The molecular weight excluding hydrogens is 359 g/mol. The number of fused-ring (bicyclic) bond motifs is 3. The molecule has 1 N–H and O–H groups in total. The van der Waals surface area contributed by atoms with Crippen molar-refractivity contribution in [1.82, 2.24) is 19.5 Å². The van der Waals surface area contributed by atoms with Crippen LogP contribution in [-0.2, 0) is 0 Å². The first-order chi connectivity index (χ1) is 13.5. The van der Waals surface area contributed by atoms with Gasteiger partial charge in [0, 0.05) is 18.4 Å². The van der Waals surface area contributed by atoms with Gasteiger partial charge in [-0.1, -0.05) is 0 Å². The van der Waals surface area contributed by atoms with E-state index in [0.717, 1.165) is 30.9 Å². The van der Waals surface area contributed by atoms with Crippen LogP contribution < -0.4 is 15.0 Å². The lowest BCUT2D eigenvalue weighted by atomic mass is 9.99. The molecule has 8 heteroatoms.